The van der Waals surface area contributed by atoms with E-state index in [-0.39, 0.29) is 11.0 Å². The minimum atomic E-state index is -2.00. The van der Waals surface area contributed by atoms with Gasteiger partial charge in [-0.1, -0.05) is 27.7 Å². The van der Waals surface area contributed by atoms with Gasteiger partial charge < -0.3 is 14.3 Å². The zero-order valence-electron chi connectivity index (χ0n) is 17.9. The minimum absolute atomic E-state index is 0.0502. The fourth-order valence-corrected chi connectivity index (χ4v) is 4.23. The molecule has 1 rings (SSSR count). The highest BCUT2D eigenvalue weighted by Gasteiger charge is 2.57. The van der Waals surface area contributed by atoms with Crippen molar-refractivity contribution in [1.29, 1.82) is 0 Å². The summed E-state index contributed by atoms with van der Waals surface area (Å²) >= 11 is 0. The molecule has 0 aromatic rings. The van der Waals surface area contributed by atoms with Crippen LogP contribution < -0.4 is 0 Å². The van der Waals surface area contributed by atoms with E-state index in [0.29, 0.717) is 26.0 Å². The SMILES string of the molecule is CCC1(C(=O)O)C(CO[Si](C)(C)C(C)(C)C)CCN1C(=O)OC(C)(C)C. The van der Waals surface area contributed by atoms with E-state index in [1.165, 1.54) is 4.90 Å². The first kappa shape index (κ1) is 23.0. The number of hydrogen-bond donors (Lipinski definition) is 1. The van der Waals surface area contributed by atoms with Crippen LogP contribution in [0.15, 0.2) is 0 Å². The van der Waals surface area contributed by atoms with Gasteiger partial charge in [-0.3, -0.25) is 4.90 Å². The van der Waals surface area contributed by atoms with Crippen LogP contribution >= 0.6 is 0 Å². The molecule has 1 N–H and O–H groups in total. The van der Waals surface area contributed by atoms with Gasteiger partial charge in [0.05, 0.1) is 0 Å². The molecule has 0 aromatic heterocycles. The fourth-order valence-electron chi connectivity index (χ4n) is 3.18. The molecule has 1 amide bonds. The van der Waals surface area contributed by atoms with Crippen molar-refractivity contribution in [3.8, 4) is 0 Å². The highest BCUT2D eigenvalue weighted by molar-refractivity contribution is 6.74. The average molecular weight is 388 g/mol. The van der Waals surface area contributed by atoms with E-state index >= 15 is 0 Å². The third kappa shape index (κ3) is 4.60. The van der Waals surface area contributed by atoms with Gasteiger partial charge in [0, 0.05) is 19.1 Å². The number of carboxylic acid groups (broad SMARTS) is 1. The predicted octanol–water partition coefficient (Wildman–Crippen LogP) is 4.50. The van der Waals surface area contributed by atoms with Gasteiger partial charge in [0.2, 0.25) is 0 Å². The van der Waals surface area contributed by atoms with Gasteiger partial charge >= 0.3 is 12.1 Å². The zero-order chi connectivity index (χ0) is 20.6. The predicted molar refractivity (Wildman–Crippen MR) is 105 cm³/mol. The van der Waals surface area contributed by atoms with E-state index < -0.39 is 31.5 Å². The summed E-state index contributed by atoms with van der Waals surface area (Å²) < 4.78 is 11.8. The van der Waals surface area contributed by atoms with Crippen LogP contribution in [0.4, 0.5) is 4.79 Å². The van der Waals surface area contributed by atoms with E-state index in [2.05, 4.69) is 33.9 Å². The number of amides is 1. The normalized spacial score (nSPS) is 24.7. The summed E-state index contributed by atoms with van der Waals surface area (Å²) in [6, 6.07) is 0. The Kier molecular flexibility index (Phi) is 6.62. The van der Waals surface area contributed by atoms with Crippen molar-refractivity contribution in [2.75, 3.05) is 13.2 Å². The van der Waals surface area contributed by atoms with Gasteiger partial charge in [-0.2, -0.15) is 0 Å². The van der Waals surface area contributed by atoms with Crippen molar-refractivity contribution in [1.82, 2.24) is 4.90 Å². The monoisotopic (exact) mass is 387 g/mol. The molecule has 1 saturated heterocycles. The van der Waals surface area contributed by atoms with E-state index in [1.54, 1.807) is 20.8 Å². The summed E-state index contributed by atoms with van der Waals surface area (Å²) in [6.45, 7) is 18.7. The van der Waals surface area contributed by atoms with Crippen LogP contribution in [0.5, 0.6) is 0 Å². The molecular formula is C19H37NO5Si. The lowest BCUT2D eigenvalue weighted by atomic mass is 9.83. The molecule has 6 nitrogen and oxygen atoms in total. The summed E-state index contributed by atoms with van der Waals surface area (Å²) in [5.74, 6) is -1.22. The summed E-state index contributed by atoms with van der Waals surface area (Å²) in [4.78, 5) is 26.3. The average Bonchev–Trinajstić information content (AvgIpc) is 2.81. The van der Waals surface area contributed by atoms with Gasteiger partial charge in [0.1, 0.15) is 11.1 Å². The molecule has 0 bridgehead atoms. The maximum absolute atomic E-state index is 12.7. The summed E-state index contributed by atoms with van der Waals surface area (Å²) in [6.07, 6.45) is 0.373. The Morgan fingerprint density at radius 2 is 1.73 bits per heavy atom. The quantitative estimate of drug-likeness (QED) is 0.703. The summed E-state index contributed by atoms with van der Waals surface area (Å²) in [5.41, 5.74) is -1.94. The number of hydrogen-bond acceptors (Lipinski definition) is 4. The third-order valence-corrected chi connectivity index (χ3v) is 10.3. The van der Waals surface area contributed by atoms with E-state index in [4.69, 9.17) is 9.16 Å². The van der Waals surface area contributed by atoms with Gasteiger partial charge in [-0.15, -0.1) is 0 Å². The Morgan fingerprint density at radius 3 is 2.12 bits per heavy atom. The van der Waals surface area contributed by atoms with Crippen LogP contribution in [0, 0.1) is 5.92 Å². The topological polar surface area (TPSA) is 76.1 Å². The standard InChI is InChI=1S/C19H37NO5Si/c1-10-19(15(21)22)14(13-24-26(8,9)18(5,6)7)11-12-20(19)16(23)25-17(2,3)4/h14H,10-13H2,1-9H3,(H,21,22). The van der Waals surface area contributed by atoms with Crippen molar-refractivity contribution in [2.24, 2.45) is 5.92 Å². The maximum atomic E-state index is 12.7. The minimum Gasteiger partial charge on any atom is -0.479 e. The molecule has 152 valence electrons. The van der Waals surface area contributed by atoms with Crippen molar-refractivity contribution >= 4 is 20.4 Å². The molecule has 1 heterocycles. The number of rotatable bonds is 5. The van der Waals surface area contributed by atoms with Crippen LogP contribution in [-0.4, -0.2) is 54.7 Å². The largest absolute Gasteiger partial charge is 0.479 e. The first-order valence-electron chi connectivity index (χ1n) is 9.46. The highest BCUT2D eigenvalue weighted by atomic mass is 28.4. The molecule has 2 unspecified atom stereocenters. The molecule has 0 aromatic carbocycles. The lowest BCUT2D eigenvalue weighted by Gasteiger charge is -2.41. The van der Waals surface area contributed by atoms with Crippen LogP contribution in [0.1, 0.15) is 61.3 Å². The first-order chi connectivity index (χ1) is 11.6. The van der Waals surface area contributed by atoms with Gasteiger partial charge in [-0.25, -0.2) is 9.59 Å². The van der Waals surface area contributed by atoms with Gasteiger partial charge in [0.15, 0.2) is 8.32 Å². The second-order valence-electron chi connectivity index (χ2n) is 9.77. The number of likely N-dealkylation sites (tertiary alicyclic amines) is 1. The number of nitrogens with zero attached hydrogens (tertiary/aromatic N) is 1. The van der Waals surface area contributed by atoms with E-state index in [9.17, 15) is 14.7 Å². The Hall–Kier alpha value is -1.08. The van der Waals surface area contributed by atoms with Crippen LogP contribution in [0.3, 0.4) is 0 Å². The Balaban J connectivity index is 3.07. The summed E-state index contributed by atoms with van der Waals surface area (Å²) in [5, 5.41) is 10.1. The lowest BCUT2D eigenvalue weighted by Crippen LogP contribution is -2.58. The highest BCUT2D eigenvalue weighted by Crippen LogP contribution is 2.42. The second kappa shape index (κ2) is 7.50. The summed E-state index contributed by atoms with van der Waals surface area (Å²) in [7, 11) is -2.00. The van der Waals surface area contributed by atoms with Crippen LogP contribution in [-0.2, 0) is 14.0 Å². The molecule has 0 radical (unpaired) electrons. The molecule has 0 saturated carbocycles. The molecule has 26 heavy (non-hydrogen) atoms. The lowest BCUT2D eigenvalue weighted by molar-refractivity contribution is -0.153. The van der Waals surface area contributed by atoms with Crippen LogP contribution in [0.25, 0.3) is 0 Å². The second-order valence-corrected chi connectivity index (χ2v) is 14.6. The molecule has 1 aliphatic heterocycles. The number of aliphatic carboxylic acids is 1. The van der Waals surface area contributed by atoms with Crippen molar-refractivity contribution in [2.45, 2.75) is 90.6 Å². The van der Waals surface area contributed by atoms with Gasteiger partial charge in [0.25, 0.3) is 0 Å². The molecule has 1 aliphatic rings. The smallest absolute Gasteiger partial charge is 0.411 e. The zero-order valence-corrected chi connectivity index (χ0v) is 18.9. The van der Waals surface area contributed by atoms with E-state index in [1.807, 2.05) is 6.92 Å². The molecule has 7 heteroatoms. The van der Waals surface area contributed by atoms with Crippen LogP contribution in [0.2, 0.25) is 18.1 Å². The molecule has 0 spiro atoms. The third-order valence-electron chi connectivity index (χ3n) is 5.83. The molecule has 0 aliphatic carbocycles. The van der Waals surface area contributed by atoms with E-state index in [0.717, 1.165) is 0 Å². The number of carboxylic acids is 1. The van der Waals surface area contributed by atoms with Gasteiger partial charge in [-0.05, 0) is 51.7 Å². The number of ether oxygens (including phenoxy) is 1. The fraction of sp³-hybridized carbons (Fsp3) is 0.895. The van der Waals surface area contributed by atoms with Crippen molar-refractivity contribution in [3.05, 3.63) is 0 Å². The Morgan fingerprint density at radius 1 is 1.19 bits per heavy atom. The number of carbonyl (C=O) groups excluding carboxylic acids is 1. The van der Waals surface area contributed by atoms with Crippen molar-refractivity contribution < 1.29 is 23.9 Å². The molecule has 2 atom stereocenters. The van der Waals surface area contributed by atoms with Crippen molar-refractivity contribution in [3.63, 3.8) is 0 Å². The molecule has 1 fully saturated rings. The molecular weight excluding hydrogens is 350 g/mol. The first-order valence-corrected chi connectivity index (χ1v) is 12.4. The number of carbonyl (C=O) groups is 2. The Bertz CT molecular complexity index is 535. The maximum Gasteiger partial charge on any atom is 0.411 e. The Labute approximate surface area is 159 Å².